The molecule has 2 aliphatic carbocycles. The zero-order chi connectivity index (χ0) is 35.5. The van der Waals surface area contributed by atoms with Crippen molar-refractivity contribution in [3.05, 3.63) is 214 Å². The van der Waals surface area contributed by atoms with E-state index in [2.05, 4.69) is 137 Å². The van der Waals surface area contributed by atoms with E-state index in [1.807, 2.05) is 36.7 Å². The van der Waals surface area contributed by atoms with Gasteiger partial charge in [-0.05, 0) is 99.6 Å². The van der Waals surface area contributed by atoms with Crippen LogP contribution in [0.2, 0.25) is 0 Å². The largest absolute Gasteiger partial charge is 0.457 e. The maximum atomic E-state index is 7.72. The van der Waals surface area contributed by atoms with Gasteiger partial charge in [-0.2, -0.15) is 0 Å². The minimum atomic E-state index is -0.754. The van der Waals surface area contributed by atoms with Gasteiger partial charge in [-0.1, -0.05) is 91.0 Å². The third-order valence-corrected chi connectivity index (χ3v) is 11.9. The summed E-state index contributed by atoms with van der Waals surface area (Å²) in [6.07, 6.45) is 3.73. The Labute approximate surface area is 311 Å². The molecule has 5 nitrogen and oxygen atoms in total. The number of nitrogens with zero attached hydrogens (tertiary/aromatic N) is 4. The van der Waals surface area contributed by atoms with Crippen molar-refractivity contribution in [2.75, 3.05) is 0 Å². The molecule has 0 bridgehead atoms. The van der Waals surface area contributed by atoms with Gasteiger partial charge in [-0.3, -0.25) is 9.97 Å². The lowest BCUT2D eigenvalue weighted by molar-refractivity contribution is 0.435. The predicted molar refractivity (Wildman–Crippen MR) is 213 cm³/mol. The lowest BCUT2D eigenvalue weighted by atomic mass is 9.65. The summed E-state index contributed by atoms with van der Waals surface area (Å²) >= 11 is 0. The van der Waals surface area contributed by atoms with Gasteiger partial charge in [0.15, 0.2) is 5.69 Å². The van der Waals surface area contributed by atoms with E-state index in [0.717, 1.165) is 67.4 Å². The van der Waals surface area contributed by atoms with Crippen LogP contribution in [0.15, 0.2) is 164 Å². The molecule has 54 heavy (non-hydrogen) atoms. The van der Waals surface area contributed by atoms with E-state index in [4.69, 9.17) is 21.3 Å². The maximum Gasteiger partial charge on any atom is 0.187 e. The Morgan fingerprint density at radius 3 is 1.91 bits per heavy atom. The van der Waals surface area contributed by atoms with Crippen molar-refractivity contribution in [2.24, 2.45) is 0 Å². The zero-order valence-electron chi connectivity index (χ0n) is 28.9. The smallest absolute Gasteiger partial charge is 0.187 e. The molecule has 0 radical (unpaired) electrons. The van der Waals surface area contributed by atoms with E-state index in [9.17, 15) is 0 Å². The number of fused-ring (bicyclic) bond motifs is 15. The number of rotatable bonds is 2. The molecule has 250 valence electrons. The first-order valence-electron chi connectivity index (χ1n) is 18.2. The fourth-order valence-corrected chi connectivity index (χ4v) is 9.75. The molecule has 5 heteroatoms. The van der Waals surface area contributed by atoms with Gasteiger partial charge in [-0.15, -0.1) is 0 Å². The van der Waals surface area contributed by atoms with Crippen molar-refractivity contribution in [2.45, 2.75) is 11.3 Å². The van der Waals surface area contributed by atoms with E-state index in [1.165, 1.54) is 33.0 Å². The standard InChI is InChI=1S/C49H28N4O/c1-50-30-19-21-36-37(27-30)32-10-2-3-13-35(32)46(36)29-18-22-44-40(26-29)49(38-14-8-24-51-47(38)48-39(49)15-9-25-52-48)41-28-31(20-23-45(41)54-44)53-42-16-6-4-11-33(42)34-12-5-7-17-43(34)53/h2-28,46H. The highest BCUT2D eigenvalue weighted by Crippen LogP contribution is 2.62. The normalized spacial score (nSPS) is 15.1. The molecule has 1 atom stereocenters. The number of aromatic nitrogens is 3. The second-order valence-corrected chi connectivity index (χ2v) is 14.4. The number of para-hydroxylation sites is 2. The van der Waals surface area contributed by atoms with Crippen LogP contribution in [0.1, 0.15) is 44.9 Å². The first kappa shape index (κ1) is 29.3. The molecule has 4 heterocycles. The summed E-state index contributed by atoms with van der Waals surface area (Å²) < 4.78 is 9.32. The highest BCUT2D eigenvalue weighted by Gasteiger charge is 2.53. The van der Waals surface area contributed by atoms with E-state index >= 15 is 0 Å². The van der Waals surface area contributed by atoms with Crippen LogP contribution in [0, 0.1) is 6.57 Å². The summed E-state index contributed by atoms with van der Waals surface area (Å²) in [5.41, 5.74) is 15.3. The van der Waals surface area contributed by atoms with Crippen molar-refractivity contribution >= 4 is 27.5 Å². The third kappa shape index (κ3) is 3.66. The Morgan fingerprint density at radius 2 is 1.19 bits per heavy atom. The Hall–Kier alpha value is -7.29. The van der Waals surface area contributed by atoms with Gasteiger partial charge < -0.3 is 9.30 Å². The zero-order valence-corrected chi connectivity index (χ0v) is 28.9. The second kappa shape index (κ2) is 10.6. The van der Waals surface area contributed by atoms with Crippen LogP contribution in [-0.2, 0) is 5.41 Å². The van der Waals surface area contributed by atoms with Crippen LogP contribution >= 0.6 is 0 Å². The molecule has 0 saturated carbocycles. The first-order valence-corrected chi connectivity index (χ1v) is 18.2. The van der Waals surface area contributed by atoms with Crippen LogP contribution in [0.4, 0.5) is 5.69 Å². The molecule has 6 aromatic carbocycles. The van der Waals surface area contributed by atoms with Gasteiger partial charge in [-0.25, -0.2) is 4.85 Å². The van der Waals surface area contributed by atoms with Crippen molar-refractivity contribution < 1.29 is 4.74 Å². The van der Waals surface area contributed by atoms with Gasteiger partial charge in [0, 0.05) is 45.9 Å². The van der Waals surface area contributed by atoms with Crippen LogP contribution in [0.5, 0.6) is 11.5 Å². The highest BCUT2D eigenvalue weighted by molar-refractivity contribution is 6.09. The van der Waals surface area contributed by atoms with Gasteiger partial charge in [0.25, 0.3) is 0 Å². The molecular weight excluding hydrogens is 661 g/mol. The number of pyridine rings is 2. The Bertz CT molecular complexity index is 3030. The van der Waals surface area contributed by atoms with Gasteiger partial charge >= 0.3 is 0 Å². The predicted octanol–water partition coefficient (Wildman–Crippen LogP) is 11.8. The third-order valence-electron chi connectivity index (χ3n) is 11.9. The monoisotopic (exact) mass is 688 g/mol. The summed E-state index contributed by atoms with van der Waals surface area (Å²) in [6.45, 7) is 7.72. The fourth-order valence-electron chi connectivity index (χ4n) is 9.75. The maximum absolute atomic E-state index is 7.72. The van der Waals surface area contributed by atoms with Gasteiger partial charge in [0.05, 0.1) is 34.4 Å². The molecule has 0 fully saturated rings. The molecule has 0 amide bonds. The molecule has 12 rings (SSSR count). The van der Waals surface area contributed by atoms with E-state index in [1.54, 1.807) is 0 Å². The average molecular weight is 689 g/mol. The number of hydrogen-bond acceptors (Lipinski definition) is 3. The molecular formula is C49H28N4O. The van der Waals surface area contributed by atoms with Crippen molar-refractivity contribution in [3.63, 3.8) is 0 Å². The van der Waals surface area contributed by atoms with Crippen LogP contribution in [0.25, 0.3) is 54.9 Å². The Morgan fingerprint density at radius 1 is 0.556 bits per heavy atom. The summed E-state index contributed by atoms with van der Waals surface area (Å²) in [6, 6.07) is 53.9. The summed E-state index contributed by atoms with van der Waals surface area (Å²) in [5.74, 6) is 1.62. The average Bonchev–Trinajstić information content (AvgIpc) is 3.85. The van der Waals surface area contributed by atoms with E-state index in [0.29, 0.717) is 5.69 Å². The number of benzene rings is 6. The van der Waals surface area contributed by atoms with Crippen LogP contribution in [-0.4, -0.2) is 14.5 Å². The summed E-state index contributed by atoms with van der Waals surface area (Å²) in [4.78, 5) is 13.8. The summed E-state index contributed by atoms with van der Waals surface area (Å²) in [7, 11) is 0. The molecule has 0 saturated heterocycles. The quantitative estimate of drug-likeness (QED) is 0.170. The van der Waals surface area contributed by atoms with Gasteiger partial charge in [0.1, 0.15) is 11.5 Å². The van der Waals surface area contributed by atoms with E-state index < -0.39 is 5.41 Å². The SMILES string of the molecule is [C-]#[N+]c1ccc2c(c1)-c1ccccc1C2c1ccc2c(c1)C1(c3cc(-n4c5ccccc5c5ccccc54)ccc3O2)c2cccnc2-c2ncccc21. The van der Waals surface area contributed by atoms with Crippen LogP contribution in [0.3, 0.4) is 0 Å². The molecule has 3 aromatic heterocycles. The van der Waals surface area contributed by atoms with Crippen molar-refractivity contribution in [1.29, 1.82) is 0 Å². The topological polar surface area (TPSA) is 44.3 Å². The second-order valence-electron chi connectivity index (χ2n) is 14.4. The minimum Gasteiger partial charge on any atom is -0.457 e. The Kier molecular flexibility index (Phi) is 5.77. The molecule has 1 unspecified atom stereocenters. The van der Waals surface area contributed by atoms with E-state index in [-0.39, 0.29) is 5.92 Å². The fraction of sp³-hybridized carbons (Fsp3) is 0.0408. The Balaban J connectivity index is 1.16. The lowest BCUT2D eigenvalue weighted by Crippen LogP contribution is -2.32. The molecule has 0 N–H and O–H groups in total. The van der Waals surface area contributed by atoms with Crippen LogP contribution < -0.4 is 4.74 Å². The molecule has 9 aromatic rings. The van der Waals surface area contributed by atoms with Gasteiger partial charge in [0.2, 0.25) is 0 Å². The van der Waals surface area contributed by atoms with Crippen molar-refractivity contribution in [1.82, 2.24) is 14.5 Å². The first-order chi connectivity index (χ1) is 26.7. The number of hydrogen-bond donors (Lipinski definition) is 0. The minimum absolute atomic E-state index is 0.00758. The molecule has 3 aliphatic rings. The summed E-state index contributed by atoms with van der Waals surface area (Å²) in [5, 5.41) is 2.44. The number of ether oxygens (including phenoxy) is 1. The lowest BCUT2D eigenvalue weighted by Gasteiger charge is -2.39. The molecule has 1 spiro atoms. The van der Waals surface area contributed by atoms with Crippen molar-refractivity contribution in [3.8, 4) is 39.7 Å². The highest BCUT2D eigenvalue weighted by atomic mass is 16.5. The molecule has 1 aliphatic heterocycles.